The third-order valence-electron chi connectivity index (χ3n) is 3.76. The predicted octanol–water partition coefficient (Wildman–Crippen LogP) is 4.39. The van der Waals surface area contributed by atoms with Crippen LogP contribution in [0.25, 0.3) is 0 Å². The lowest BCUT2D eigenvalue weighted by Gasteiger charge is -2.23. The third-order valence-corrected chi connectivity index (χ3v) is 5.67. The second-order valence-electron chi connectivity index (χ2n) is 5.68. The molecular weight excluding hydrogens is 322 g/mol. The summed E-state index contributed by atoms with van der Waals surface area (Å²) in [6.45, 7) is 6.91. The summed E-state index contributed by atoms with van der Waals surface area (Å²) in [5, 5.41) is 0. The minimum Gasteiger partial charge on any atom is -0.494 e. The highest BCUT2D eigenvalue weighted by atomic mass is 32.2. The van der Waals surface area contributed by atoms with E-state index in [1.54, 1.807) is 24.3 Å². The molecule has 0 radical (unpaired) electrons. The van der Waals surface area contributed by atoms with Gasteiger partial charge in [-0.15, -0.1) is 0 Å². The van der Waals surface area contributed by atoms with Gasteiger partial charge in [0.25, 0.3) is 10.0 Å². The van der Waals surface area contributed by atoms with Crippen LogP contribution in [-0.2, 0) is 10.0 Å². The third kappa shape index (κ3) is 4.29. The highest BCUT2D eigenvalue weighted by Crippen LogP contribution is 2.25. The quantitative estimate of drug-likeness (QED) is 0.665. The van der Waals surface area contributed by atoms with E-state index in [1.807, 2.05) is 38.1 Å². The van der Waals surface area contributed by atoms with Crippen LogP contribution in [-0.4, -0.2) is 21.6 Å². The van der Waals surface area contributed by atoms with Crippen LogP contribution in [0.5, 0.6) is 5.75 Å². The topological polar surface area (TPSA) is 46.6 Å². The molecule has 0 spiro atoms. The highest BCUT2D eigenvalue weighted by molar-refractivity contribution is 7.92. The molecule has 0 aromatic heterocycles. The molecule has 4 nitrogen and oxygen atoms in total. The van der Waals surface area contributed by atoms with E-state index in [9.17, 15) is 8.42 Å². The lowest BCUT2D eigenvalue weighted by Crippen LogP contribution is -2.30. The number of hydrogen-bond donors (Lipinski definition) is 0. The Labute approximate surface area is 145 Å². The molecular formula is C19H25NO3S. The normalized spacial score (nSPS) is 11.3. The molecule has 130 valence electrons. The number of aryl methyl sites for hydroxylation is 1. The molecule has 0 amide bonds. The number of unbranched alkanes of at least 4 members (excludes halogenated alkanes) is 1. The molecule has 2 aromatic carbocycles. The lowest BCUT2D eigenvalue weighted by molar-refractivity contribution is 0.309. The second-order valence-corrected chi connectivity index (χ2v) is 7.54. The zero-order valence-electron chi connectivity index (χ0n) is 14.5. The minimum atomic E-state index is -3.59. The van der Waals surface area contributed by atoms with Crippen LogP contribution in [0.15, 0.2) is 53.4 Å². The van der Waals surface area contributed by atoms with Gasteiger partial charge in [0.2, 0.25) is 0 Å². The van der Waals surface area contributed by atoms with Crippen molar-refractivity contribution >= 4 is 15.7 Å². The van der Waals surface area contributed by atoms with Crippen molar-refractivity contribution in [3.05, 3.63) is 54.1 Å². The Morgan fingerprint density at radius 1 is 1.04 bits per heavy atom. The molecule has 0 aliphatic carbocycles. The zero-order valence-corrected chi connectivity index (χ0v) is 15.3. The van der Waals surface area contributed by atoms with Gasteiger partial charge in [-0.3, -0.25) is 4.31 Å². The first-order chi connectivity index (χ1) is 11.5. The summed E-state index contributed by atoms with van der Waals surface area (Å²) in [6.07, 6.45) is 2.05. The summed E-state index contributed by atoms with van der Waals surface area (Å²) in [5.41, 5.74) is 1.71. The number of hydrogen-bond acceptors (Lipinski definition) is 3. The summed E-state index contributed by atoms with van der Waals surface area (Å²) in [5.74, 6) is 0.695. The van der Waals surface area contributed by atoms with Gasteiger partial charge in [0.15, 0.2) is 0 Å². The molecule has 0 atom stereocenters. The predicted molar refractivity (Wildman–Crippen MR) is 98.2 cm³/mol. The maximum atomic E-state index is 12.9. The van der Waals surface area contributed by atoms with Crippen molar-refractivity contribution in [1.29, 1.82) is 0 Å². The number of nitrogens with zero attached hydrogens (tertiary/aromatic N) is 1. The number of anilines is 1. The van der Waals surface area contributed by atoms with E-state index >= 15 is 0 Å². The molecule has 2 rings (SSSR count). The smallest absolute Gasteiger partial charge is 0.264 e. The van der Waals surface area contributed by atoms with E-state index < -0.39 is 10.0 Å². The first-order valence-corrected chi connectivity index (χ1v) is 9.75. The molecule has 0 heterocycles. The van der Waals surface area contributed by atoms with Crippen molar-refractivity contribution in [2.75, 3.05) is 17.5 Å². The van der Waals surface area contributed by atoms with Crippen LogP contribution < -0.4 is 9.04 Å². The van der Waals surface area contributed by atoms with Crippen molar-refractivity contribution in [1.82, 2.24) is 0 Å². The van der Waals surface area contributed by atoms with Gasteiger partial charge in [-0.2, -0.15) is 0 Å². The van der Waals surface area contributed by atoms with E-state index in [0.29, 0.717) is 24.6 Å². The SMILES string of the molecule is CCCCOc1ccc(S(=O)(=O)N(CC)c2cccc(C)c2)cc1. The van der Waals surface area contributed by atoms with Gasteiger partial charge in [-0.1, -0.05) is 25.5 Å². The largest absolute Gasteiger partial charge is 0.494 e. The number of ether oxygens (including phenoxy) is 1. The molecule has 24 heavy (non-hydrogen) atoms. The van der Waals surface area contributed by atoms with Crippen LogP contribution in [0, 0.1) is 6.92 Å². The zero-order chi connectivity index (χ0) is 17.6. The molecule has 0 fully saturated rings. The summed E-state index contributed by atoms with van der Waals surface area (Å²) in [4.78, 5) is 0.272. The van der Waals surface area contributed by atoms with Gasteiger partial charge in [-0.05, 0) is 62.2 Å². The minimum absolute atomic E-state index is 0.272. The van der Waals surface area contributed by atoms with E-state index in [1.165, 1.54) is 4.31 Å². The molecule has 0 N–H and O–H groups in total. The fourth-order valence-corrected chi connectivity index (χ4v) is 3.91. The van der Waals surface area contributed by atoms with Crippen LogP contribution >= 0.6 is 0 Å². The Morgan fingerprint density at radius 2 is 1.75 bits per heavy atom. The van der Waals surface area contributed by atoms with Crippen LogP contribution in [0.3, 0.4) is 0 Å². The van der Waals surface area contributed by atoms with Gasteiger partial charge >= 0.3 is 0 Å². The average molecular weight is 347 g/mol. The monoisotopic (exact) mass is 347 g/mol. The second kappa shape index (κ2) is 8.20. The maximum Gasteiger partial charge on any atom is 0.264 e. The standard InChI is InChI=1S/C19H25NO3S/c1-4-6-14-23-18-10-12-19(13-11-18)24(21,22)20(5-2)17-9-7-8-16(3)15-17/h7-13,15H,4-6,14H2,1-3H3. The van der Waals surface area contributed by atoms with E-state index in [2.05, 4.69) is 6.92 Å². The van der Waals surface area contributed by atoms with Gasteiger partial charge in [0, 0.05) is 6.54 Å². The Bertz CT molecular complexity index is 754. The fraction of sp³-hybridized carbons (Fsp3) is 0.368. The molecule has 0 bridgehead atoms. The molecule has 0 saturated carbocycles. The van der Waals surface area contributed by atoms with Crippen LogP contribution in [0.2, 0.25) is 0 Å². The Morgan fingerprint density at radius 3 is 2.33 bits per heavy atom. The van der Waals surface area contributed by atoms with Crippen molar-refractivity contribution in [2.24, 2.45) is 0 Å². The van der Waals surface area contributed by atoms with Crippen molar-refractivity contribution < 1.29 is 13.2 Å². The van der Waals surface area contributed by atoms with Gasteiger partial charge < -0.3 is 4.74 Å². The molecule has 5 heteroatoms. The summed E-state index contributed by atoms with van der Waals surface area (Å²) < 4.78 is 32.9. The van der Waals surface area contributed by atoms with Gasteiger partial charge in [0.05, 0.1) is 17.2 Å². The van der Waals surface area contributed by atoms with Crippen molar-refractivity contribution in [3.63, 3.8) is 0 Å². The molecule has 0 aliphatic heterocycles. The number of benzene rings is 2. The van der Waals surface area contributed by atoms with Crippen LogP contribution in [0.4, 0.5) is 5.69 Å². The molecule has 0 aliphatic rings. The summed E-state index contributed by atoms with van der Waals surface area (Å²) in [6, 6.07) is 14.2. The van der Waals surface area contributed by atoms with E-state index in [-0.39, 0.29) is 4.90 Å². The van der Waals surface area contributed by atoms with E-state index in [4.69, 9.17) is 4.74 Å². The van der Waals surface area contributed by atoms with Gasteiger partial charge in [-0.25, -0.2) is 8.42 Å². The first-order valence-electron chi connectivity index (χ1n) is 8.31. The summed E-state index contributed by atoms with van der Waals surface area (Å²) in [7, 11) is -3.59. The van der Waals surface area contributed by atoms with Crippen LogP contribution in [0.1, 0.15) is 32.3 Å². The molecule has 0 saturated heterocycles. The van der Waals surface area contributed by atoms with Crippen molar-refractivity contribution in [3.8, 4) is 5.75 Å². The fourth-order valence-electron chi connectivity index (χ4n) is 2.44. The first kappa shape index (κ1) is 18.3. The molecule has 0 unspecified atom stereocenters. The van der Waals surface area contributed by atoms with Gasteiger partial charge in [0.1, 0.15) is 5.75 Å². The lowest BCUT2D eigenvalue weighted by atomic mass is 10.2. The molecule has 2 aromatic rings. The maximum absolute atomic E-state index is 12.9. The van der Waals surface area contributed by atoms with E-state index in [0.717, 1.165) is 18.4 Å². The Kier molecular flexibility index (Phi) is 6.26. The Balaban J connectivity index is 2.24. The summed E-state index contributed by atoms with van der Waals surface area (Å²) >= 11 is 0. The van der Waals surface area contributed by atoms with Crippen molar-refractivity contribution in [2.45, 2.75) is 38.5 Å². The highest BCUT2D eigenvalue weighted by Gasteiger charge is 2.23. The average Bonchev–Trinajstić information content (AvgIpc) is 2.56. The number of rotatable bonds is 8. The number of sulfonamides is 1. The Hall–Kier alpha value is -2.01.